The first-order chi connectivity index (χ1) is 7.19. The van der Waals surface area contributed by atoms with E-state index in [0.717, 1.165) is 11.8 Å². The fraction of sp³-hybridized carbons (Fsp3) is 0.250. The molecule has 0 aromatic heterocycles. The van der Waals surface area contributed by atoms with Crippen LogP contribution in [0, 0.1) is 0 Å². The number of hydrogen-bond donors (Lipinski definition) is 0. The second kappa shape index (κ2) is 8.00. The first-order valence-electron chi connectivity index (χ1n) is 4.57. The highest BCUT2D eigenvalue weighted by Crippen LogP contribution is 2.01. The molecule has 0 aliphatic heterocycles. The summed E-state index contributed by atoms with van der Waals surface area (Å²) in [4.78, 5) is 10.4. The molecule has 78 valence electrons. The second-order valence-corrected chi connectivity index (χ2v) is 2.91. The summed E-state index contributed by atoms with van der Waals surface area (Å²) in [5.74, 6) is 0. The van der Waals surface area contributed by atoms with Gasteiger partial charge in [-0.2, -0.15) is 0 Å². The molecule has 0 saturated heterocycles. The zero-order valence-corrected chi connectivity index (χ0v) is 9.36. The van der Waals surface area contributed by atoms with E-state index in [1.807, 2.05) is 19.1 Å². The fourth-order valence-corrected chi connectivity index (χ4v) is 0.990. The molecule has 1 aromatic carbocycles. The van der Waals surface area contributed by atoms with Crippen LogP contribution in [0.2, 0.25) is 0 Å². The molecule has 15 heavy (non-hydrogen) atoms. The molecular weight excluding hydrogens is 187 g/mol. The molecule has 0 amide bonds. The maximum Gasteiger partial charge on any atom is 0.150 e. The van der Waals surface area contributed by atoms with Gasteiger partial charge in [-0.25, -0.2) is 0 Å². The summed E-state index contributed by atoms with van der Waals surface area (Å²) in [5.41, 5.74) is 2.23. The average molecular weight is 202 g/mol. The Morgan fingerprint density at radius 3 is 2.40 bits per heavy atom. The van der Waals surface area contributed by atoms with Crippen LogP contribution in [-0.2, 0) is 4.74 Å². The van der Waals surface area contributed by atoms with Gasteiger partial charge in [-0.3, -0.25) is 4.79 Å². The number of allylic oxidation sites excluding steroid dienone is 1. The van der Waals surface area contributed by atoms with Crippen LogP contribution >= 0.6 is 0 Å². The van der Waals surface area contributed by atoms with Crippen LogP contribution in [0.15, 0.2) is 24.3 Å². The molecule has 0 aliphatic carbocycles. The van der Waals surface area contributed by atoms with Crippen LogP contribution in [0.3, 0.4) is 0 Å². The lowest BCUT2D eigenvalue weighted by molar-refractivity contribution is 0.112. The summed E-state index contributed by atoms with van der Waals surface area (Å²) < 4.78 is 4.25. The number of methoxy groups -OCH3 is 1. The summed E-state index contributed by atoms with van der Waals surface area (Å²) >= 11 is 0. The predicted octanol–water partition coefficient (Wildman–Crippen LogP) is 1.59. The van der Waals surface area contributed by atoms with Crippen LogP contribution in [0.5, 0.6) is 0 Å². The Hall–Kier alpha value is -1.35. The van der Waals surface area contributed by atoms with Gasteiger partial charge in [-0.05, 0) is 18.6 Å². The Morgan fingerprint density at radius 1 is 1.33 bits per heavy atom. The van der Waals surface area contributed by atoms with E-state index in [1.54, 1.807) is 32.4 Å². The van der Waals surface area contributed by atoms with Crippen molar-refractivity contribution in [2.45, 2.75) is 6.92 Å². The smallest absolute Gasteiger partial charge is 0.150 e. The molecule has 0 heterocycles. The lowest BCUT2D eigenvalue weighted by Crippen LogP contribution is -2.06. The third kappa shape index (κ3) is 5.18. The first-order valence-corrected chi connectivity index (χ1v) is 4.57. The van der Waals surface area contributed by atoms with E-state index < -0.39 is 0 Å². The minimum Gasteiger partial charge on any atom is -0.388 e. The fourth-order valence-electron chi connectivity index (χ4n) is 0.990. The van der Waals surface area contributed by atoms with E-state index in [4.69, 9.17) is 7.85 Å². The van der Waals surface area contributed by atoms with Crippen molar-refractivity contribution in [2.75, 3.05) is 14.2 Å². The molecule has 0 N–H and O–H groups in total. The average Bonchev–Trinajstić information content (AvgIpc) is 2.23. The lowest BCUT2D eigenvalue weighted by atomic mass is 9.89. The SMILES string of the molecule is COC.[B]c1ccc(C=O)cc1/C=C\C. The Balaban J connectivity index is 0.000000583. The number of carbonyl (C=O) groups is 1. The van der Waals surface area contributed by atoms with Gasteiger partial charge >= 0.3 is 0 Å². The molecule has 0 spiro atoms. The quantitative estimate of drug-likeness (QED) is 0.537. The summed E-state index contributed by atoms with van der Waals surface area (Å²) in [5, 5.41) is 0. The van der Waals surface area contributed by atoms with Crippen LogP contribution in [0.25, 0.3) is 6.08 Å². The van der Waals surface area contributed by atoms with E-state index in [-0.39, 0.29) is 0 Å². The monoisotopic (exact) mass is 202 g/mol. The maximum absolute atomic E-state index is 10.4. The van der Waals surface area contributed by atoms with Gasteiger partial charge in [0.2, 0.25) is 0 Å². The molecule has 0 atom stereocenters. The van der Waals surface area contributed by atoms with E-state index >= 15 is 0 Å². The molecule has 0 unspecified atom stereocenters. The Bertz CT molecular complexity index is 332. The summed E-state index contributed by atoms with van der Waals surface area (Å²) in [7, 11) is 8.91. The van der Waals surface area contributed by atoms with Gasteiger partial charge in [0.1, 0.15) is 14.1 Å². The van der Waals surface area contributed by atoms with Crippen molar-refractivity contribution in [1.29, 1.82) is 0 Å². The number of ether oxygens (including phenoxy) is 1. The van der Waals surface area contributed by atoms with Gasteiger partial charge in [-0.15, -0.1) is 0 Å². The van der Waals surface area contributed by atoms with Crippen molar-refractivity contribution < 1.29 is 9.53 Å². The molecule has 0 aliphatic rings. The molecule has 2 radical (unpaired) electrons. The predicted molar refractivity (Wildman–Crippen MR) is 64.9 cm³/mol. The highest BCUT2D eigenvalue weighted by molar-refractivity contribution is 6.34. The highest BCUT2D eigenvalue weighted by atomic mass is 16.4. The summed E-state index contributed by atoms with van der Waals surface area (Å²) in [6, 6.07) is 5.21. The third-order valence-electron chi connectivity index (χ3n) is 1.59. The number of carbonyl (C=O) groups excluding carboxylic acids is 1. The van der Waals surface area contributed by atoms with Crippen molar-refractivity contribution in [3.63, 3.8) is 0 Å². The first kappa shape index (κ1) is 13.7. The zero-order chi connectivity index (χ0) is 11.7. The van der Waals surface area contributed by atoms with Crippen molar-refractivity contribution in [2.24, 2.45) is 0 Å². The number of hydrogen-bond acceptors (Lipinski definition) is 2. The van der Waals surface area contributed by atoms with Gasteiger partial charge in [-0.1, -0.05) is 29.7 Å². The minimum absolute atomic E-state index is 0.650. The molecule has 1 aromatic rings. The van der Waals surface area contributed by atoms with Crippen LogP contribution in [-0.4, -0.2) is 28.4 Å². The van der Waals surface area contributed by atoms with Gasteiger partial charge in [0.15, 0.2) is 0 Å². The second-order valence-electron chi connectivity index (χ2n) is 2.91. The Labute approximate surface area is 92.4 Å². The Kier molecular flexibility index (Phi) is 7.29. The number of benzene rings is 1. The van der Waals surface area contributed by atoms with Crippen molar-refractivity contribution >= 4 is 25.7 Å². The van der Waals surface area contributed by atoms with Gasteiger partial charge in [0, 0.05) is 19.8 Å². The normalized spacial score (nSPS) is 9.53. The van der Waals surface area contributed by atoms with Crippen molar-refractivity contribution in [3.05, 3.63) is 35.4 Å². The number of aldehydes is 1. The molecule has 0 fully saturated rings. The summed E-state index contributed by atoms with van der Waals surface area (Å²) in [6.45, 7) is 1.91. The molecule has 3 heteroatoms. The van der Waals surface area contributed by atoms with Gasteiger partial charge in [0.05, 0.1) is 0 Å². The van der Waals surface area contributed by atoms with Crippen LogP contribution in [0.4, 0.5) is 0 Å². The Morgan fingerprint density at radius 2 is 1.93 bits per heavy atom. The highest BCUT2D eigenvalue weighted by Gasteiger charge is 1.94. The molecule has 0 bridgehead atoms. The topological polar surface area (TPSA) is 26.3 Å². The standard InChI is InChI=1S/C10H9BO.C2H6O/c1-2-3-9-6-8(7-12)4-5-10(9)11;1-3-2/h2-7H,1H3;1-2H3/b3-2-;. The summed E-state index contributed by atoms with van der Waals surface area (Å²) in [6.07, 6.45) is 4.58. The van der Waals surface area contributed by atoms with E-state index in [0.29, 0.717) is 11.0 Å². The maximum atomic E-state index is 10.4. The molecule has 1 rings (SSSR count). The largest absolute Gasteiger partial charge is 0.388 e. The van der Waals surface area contributed by atoms with E-state index in [2.05, 4.69) is 4.74 Å². The lowest BCUT2D eigenvalue weighted by Gasteiger charge is -2.00. The molecular formula is C12H15BO2. The number of rotatable bonds is 2. The van der Waals surface area contributed by atoms with Crippen LogP contribution < -0.4 is 5.46 Å². The van der Waals surface area contributed by atoms with Crippen molar-refractivity contribution in [3.8, 4) is 0 Å². The third-order valence-corrected chi connectivity index (χ3v) is 1.59. The van der Waals surface area contributed by atoms with Gasteiger partial charge < -0.3 is 4.74 Å². The van der Waals surface area contributed by atoms with E-state index in [9.17, 15) is 4.79 Å². The zero-order valence-electron chi connectivity index (χ0n) is 9.36. The van der Waals surface area contributed by atoms with Crippen molar-refractivity contribution in [1.82, 2.24) is 0 Å². The van der Waals surface area contributed by atoms with E-state index in [1.165, 1.54) is 0 Å². The molecule has 2 nitrogen and oxygen atoms in total. The van der Waals surface area contributed by atoms with Gasteiger partial charge in [0.25, 0.3) is 0 Å². The minimum atomic E-state index is 0.650. The van der Waals surface area contributed by atoms with Crippen LogP contribution in [0.1, 0.15) is 22.8 Å². The molecule has 0 saturated carbocycles.